The van der Waals surface area contributed by atoms with Gasteiger partial charge in [-0.05, 0) is 37.6 Å². The number of rotatable bonds is 7. The van der Waals surface area contributed by atoms with Crippen LogP contribution >= 0.6 is 0 Å². The van der Waals surface area contributed by atoms with Crippen LogP contribution in [0.3, 0.4) is 0 Å². The van der Waals surface area contributed by atoms with E-state index in [-0.39, 0.29) is 6.61 Å². The average molecular weight is 342 g/mol. The molecular weight excluding hydrogens is 320 g/mol. The molecule has 25 heavy (non-hydrogen) atoms. The van der Waals surface area contributed by atoms with Gasteiger partial charge in [0.15, 0.2) is 0 Å². The Kier molecular flexibility index (Phi) is 6.31. The summed E-state index contributed by atoms with van der Waals surface area (Å²) in [4.78, 5) is 24.2. The van der Waals surface area contributed by atoms with Crippen LogP contribution in [-0.4, -0.2) is 35.4 Å². The molecule has 0 aliphatic rings. The Labute approximate surface area is 147 Å². The zero-order chi connectivity index (χ0) is 18.3. The van der Waals surface area contributed by atoms with E-state index in [1.807, 2.05) is 0 Å². The number of benzene rings is 2. The molecule has 2 aromatic rings. The van der Waals surface area contributed by atoms with Crippen molar-refractivity contribution < 1.29 is 24.2 Å². The first-order chi connectivity index (χ1) is 11.9. The molecule has 0 aliphatic carbocycles. The largest absolute Gasteiger partial charge is 0.459 e. The molecule has 2 atom stereocenters. The van der Waals surface area contributed by atoms with E-state index in [0.717, 1.165) is 0 Å². The second kappa shape index (κ2) is 8.44. The number of esters is 2. The van der Waals surface area contributed by atoms with Crippen molar-refractivity contribution >= 4 is 11.9 Å². The van der Waals surface area contributed by atoms with Crippen LogP contribution in [0.5, 0.6) is 0 Å². The highest BCUT2D eigenvalue weighted by Crippen LogP contribution is 2.20. The Morgan fingerprint density at radius 2 is 1.44 bits per heavy atom. The van der Waals surface area contributed by atoms with Gasteiger partial charge in [0.05, 0.1) is 11.1 Å². The molecule has 0 spiro atoms. The standard InChI is InChI=1S/C20H22O5/c1-3-17(25-19(22)16-12-8-5-9-13-16)20(2,23)14-24-18(21)15-10-6-4-7-11-15/h4-13,17,23H,3,14H2,1-2H3/t17-,20-/m0/s1. The summed E-state index contributed by atoms with van der Waals surface area (Å²) in [7, 11) is 0. The molecule has 0 saturated heterocycles. The van der Waals surface area contributed by atoms with Gasteiger partial charge in [0.1, 0.15) is 18.3 Å². The second-order valence-electron chi connectivity index (χ2n) is 5.97. The molecule has 5 heteroatoms. The Morgan fingerprint density at radius 3 is 1.92 bits per heavy atom. The zero-order valence-corrected chi connectivity index (χ0v) is 14.3. The summed E-state index contributed by atoms with van der Waals surface area (Å²) in [5.41, 5.74) is -0.699. The van der Waals surface area contributed by atoms with Crippen LogP contribution in [0.4, 0.5) is 0 Å². The molecule has 0 fully saturated rings. The first kappa shape index (κ1) is 18.7. The highest BCUT2D eigenvalue weighted by Gasteiger charge is 2.35. The third kappa shape index (κ3) is 5.16. The van der Waals surface area contributed by atoms with Gasteiger partial charge in [-0.15, -0.1) is 0 Å². The molecule has 0 radical (unpaired) electrons. The SMILES string of the molecule is CC[C@H](OC(=O)c1ccccc1)[C@@](C)(O)COC(=O)c1ccccc1. The Balaban J connectivity index is 1.98. The average Bonchev–Trinajstić information content (AvgIpc) is 2.65. The molecule has 132 valence electrons. The minimum absolute atomic E-state index is 0.276. The van der Waals surface area contributed by atoms with Crippen molar-refractivity contribution in [3.63, 3.8) is 0 Å². The zero-order valence-electron chi connectivity index (χ0n) is 14.3. The third-order valence-corrected chi connectivity index (χ3v) is 3.83. The van der Waals surface area contributed by atoms with E-state index in [9.17, 15) is 14.7 Å². The molecule has 0 saturated carbocycles. The molecule has 0 bridgehead atoms. The van der Waals surface area contributed by atoms with Crippen molar-refractivity contribution in [1.29, 1.82) is 0 Å². The molecule has 5 nitrogen and oxygen atoms in total. The predicted molar refractivity (Wildman–Crippen MR) is 93.3 cm³/mol. The lowest BCUT2D eigenvalue weighted by Crippen LogP contribution is -2.46. The second-order valence-corrected chi connectivity index (χ2v) is 5.97. The van der Waals surface area contributed by atoms with Crippen molar-refractivity contribution in [1.82, 2.24) is 0 Å². The molecule has 2 rings (SSSR count). The minimum atomic E-state index is -1.50. The fraction of sp³-hybridized carbons (Fsp3) is 0.300. The monoisotopic (exact) mass is 342 g/mol. The van der Waals surface area contributed by atoms with Gasteiger partial charge in [-0.1, -0.05) is 43.3 Å². The van der Waals surface area contributed by atoms with E-state index in [4.69, 9.17) is 9.47 Å². The number of hydrogen-bond acceptors (Lipinski definition) is 5. The fourth-order valence-electron chi connectivity index (χ4n) is 2.38. The topological polar surface area (TPSA) is 72.8 Å². The van der Waals surface area contributed by atoms with Gasteiger partial charge in [0.2, 0.25) is 0 Å². The Bertz CT molecular complexity index is 695. The van der Waals surface area contributed by atoms with Crippen LogP contribution in [0, 0.1) is 0 Å². The normalized spacial score (nSPS) is 14.2. The van der Waals surface area contributed by atoms with Crippen LogP contribution < -0.4 is 0 Å². The van der Waals surface area contributed by atoms with Crippen molar-refractivity contribution in [2.24, 2.45) is 0 Å². The quantitative estimate of drug-likeness (QED) is 0.782. The Hall–Kier alpha value is -2.66. The van der Waals surface area contributed by atoms with Gasteiger partial charge >= 0.3 is 11.9 Å². The van der Waals surface area contributed by atoms with Crippen molar-refractivity contribution in [2.75, 3.05) is 6.61 Å². The predicted octanol–water partition coefficient (Wildman–Crippen LogP) is 3.23. The van der Waals surface area contributed by atoms with E-state index in [2.05, 4.69) is 0 Å². The summed E-state index contributed by atoms with van der Waals surface area (Å²) in [5.74, 6) is -1.06. The van der Waals surface area contributed by atoms with Crippen molar-refractivity contribution in [2.45, 2.75) is 32.0 Å². The summed E-state index contributed by atoms with van der Waals surface area (Å²) in [6.07, 6.45) is -0.419. The molecule has 0 unspecified atom stereocenters. The van der Waals surface area contributed by atoms with Crippen LogP contribution in [-0.2, 0) is 9.47 Å². The van der Waals surface area contributed by atoms with E-state index in [1.165, 1.54) is 6.92 Å². The minimum Gasteiger partial charge on any atom is -0.459 e. The molecular formula is C20H22O5. The first-order valence-corrected chi connectivity index (χ1v) is 8.14. The highest BCUT2D eigenvalue weighted by atomic mass is 16.6. The smallest absolute Gasteiger partial charge is 0.338 e. The molecule has 1 N–H and O–H groups in total. The van der Waals surface area contributed by atoms with E-state index < -0.39 is 23.6 Å². The van der Waals surface area contributed by atoms with Gasteiger partial charge in [-0.25, -0.2) is 9.59 Å². The lowest BCUT2D eigenvalue weighted by molar-refractivity contribution is -0.104. The molecule has 0 aromatic heterocycles. The number of hydrogen-bond donors (Lipinski definition) is 1. The van der Waals surface area contributed by atoms with E-state index >= 15 is 0 Å². The Morgan fingerprint density at radius 1 is 0.960 bits per heavy atom. The summed E-state index contributed by atoms with van der Waals surface area (Å²) < 4.78 is 10.6. The van der Waals surface area contributed by atoms with Gasteiger partial charge in [-0.3, -0.25) is 0 Å². The highest BCUT2D eigenvalue weighted by molar-refractivity contribution is 5.90. The maximum Gasteiger partial charge on any atom is 0.338 e. The van der Waals surface area contributed by atoms with Gasteiger partial charge < -0.3 is 14.6 Å². The first-order valence-electron chi connectivity index (χ1n) is 8.14. The number of carbonyl (C=O) groups excluding carboxylic acids is 2. The number of ether oxygens (including phenoxy) is 2. The summed E-state index contributed by atoms with van der Waals surface area (Å²) in [5, 5.41) is 10.6. The molecule has 0 aliphatic heterocycles. The van der Waals surface area contributed by atoms with E-state index in [1.54, 1.807) is 67.6 Å². The van der Waals surface area contributed by atoms with Crippen LogP contribution in [0.25, 0.3) is 0 Å². The van der Waals surface area contributed by atoms with Crippen LogP contribution in [0.15, 0.2) is 60.7 Å². The number of carbonyl (C=O) groups is 2. The summed E-state index contributed by atoms with van der Waals surface area (Å²) in [6, 6.07) is 17.0. The van der Waals surface area contributed by atoms with Crippen LogP contribution in [0.2, 0.25) is 0 Å². The van der Waals surface area contributed by atoms with Gasteiger partial charge in [0.25, 0.3) is 0 Å². The summed E-state index contributed by atoms with van der Waals surface area (Å²) in [6.45, 7) is 3.00. The summed E-state index contributed by atoms with van der Waals surface area (Å²) >= 11 is 0. The maximum absolute atomic E-state index is 12.2. The lowest BCUT2D eigenvalue weighted by Gasteiger charge is -2.31. The lowest BCUT2D eigenvalue weighted by atomic mass is 9.98. The molecule has 0 heterocycles. The fourth-order valence-corrected chi connectivity index (χ4v) is 2.38. The van der Waals surface area contributed by atoms with Crippen molar-refractivity contribution in [3.05, 3.63) is 71.8 Å². The van der Waals surface area contributed by atoms with Crippen molar-refractivity contribution in [3.8, 4) is 0 Å². The maximum atomic E-state index is 12.2. The third-order valence-electron chi connectivity index (χ3n) is 3.83. The van der Waals surface area contributed by atoms with Gasteiger partial charge in [-0.2, -0.15) is 0 Å². The molecule has 0 amide bonds. The van der Waals surface area contributed by atoms with Crippen LogP contribution in [0.1, 0.15) is 41.0 Å². The van der Waals surface area contributed by atoms with Gasteiger partial charge in [0, 0.05) is 0 Å². The molecule has 2 aromatic carbocycles. The number of aliphatic hydroxyl groups is 1. The van der Waals surface area contributed by atoms with E-state index in [0.29, 0.717) is 17.5 Å².